The molecular weight excluding hydrogens is 294 g/mol. The second kappa shape index (κ2) is 6.32. The summed E-state index contributed by atoms with van der Waals surface area (Å²) in [6.07, 6.45) is 1.79. The van der Waals surface area contributed by atoms with Gasteiger partial charge in [-0.15, -0.1) is 0 Å². The van der Waals surface area contributed by atoms with E-state index in [2.05, 4.69) is 6.07 Å². The maximum absolute atomic E-state index is 9.48. The van der Waals surface area contributed by atoms with Crippen molar-refractivity contribution in [2.75, 3.05) is 21.0 Å². The number of rotatable bonds is 4. The molecule has 116 valence electrons. The lowest BCUT2D eigenvalue weighted by atomic mass is 10.0. The molecule has 0 fully saturated rings. The predicted molar refractivity (Wildman–Crippen MR) is 85.6 cm³/mol. The van der Waals surface area contributed by atoms with Crippen LogP contribution in [0.15, 0.2) is 36.4 Å². The van der Waals surface area contributed by atoms with E-state index in [9.17, 15) is 5.26 Å². The van der Waals surface area contributed by atoms with Gasteiger partial charge in [0.1, 0.15) is 0 Å². The van der Waals surface area contributed by atoms with Gasteiger partial charge in [0.2, 0.25) is 6.79 Å². The van der Waals surface area contributed by atoms with Gasteiger partial charge in [0, 0.05) is 0 Å². The van der Waals surface area contributed by atoms with Crippen molar-refractivity contribution in [2.24, 2.45) is 0 Å². The van der Waals surface area contributed by atoms with E-state index < -0.39 is 0 Å². The van der Waals surface area contributed by atoms with Gasteiger partial charge in [-0.25, -0.2) is 0 Å². The lowest BCUT2D eigenvalue weighted by molar-refractivity contribution is 0.174. The van der Waals surface area contributed by atoms with E-state index >= 15 is 0 Å². The summed E-state index contributed by atoms with van der Waals surface area (Å²) in [7, 11) is 3.14. The summed E-state index contributed by atoms with van der Waals surface area (Å²) < 4.78 is 21.1. The highest BCUT2D eigenvalue weighted by Gasteiger charge is 2.13. The number of fused-ring (bicyclic) bond motifs is 1. The minimum Gasteiger partial charge on any atom is -0.493 e. The minimum absolute atomic E-state index is 0.225. The molecule has 0 spiro atoms. The Kier molecular flexibility index (Phi) is 4.07. The van der Waals surface area contributed by atoms with Crippen LogP contribution in [0.25, 0.3) is 11.6 Å². The third kappa shape index (κ3) is 2.92. The Morgan fingerprint density at radius 3 is 2.57 bits per heavy atom. The summed E-state index contributed by atoms with van der Waals surface area (Å²) in [6.45, 7) is 0.225. The minimum atomic E-state index is 0.225. The largest absolute Gasteiger partial charge is 0.493 e. The molecule has 1 aliphatic heterocycles. The fourth-order valence-electron chi connectivity index (χ4n) is 2.35. The molecule has 1 heterocycles. The van der Waals surface area contributed by atoms with E-state index in [0.717, 1.165) is 11.1 Å². The Labute approximate surface area is 134 Å². The molecular formula is C18H15NO4. The van der Waals surface area contributed by atoms with E-state index in [-0.39, 0.29) is 6.79 Å². The first kappa shape index (κ1) is 14.8. The van der Waals surface area contributed by atoms with E-state index in [1.54, 1.807) is 32.4 Å². The molecule has 0 atom stereocenters. The highest BCUT2D eigenvalue weighted by molar-refractivity contribution is 5.90. The molecule has 5 nitrogen and oxygen atoms in total. The van der Waals surface area contributed by atoms with Crippen molar-refractivity contribution in [3.8, 4) is 29.1 Å². The van der Waals surface area contributed by atoms with E-state index in [1.807, 2.05) is 24.3 Å². The van der Waals surface area contributed by atoms with Crippen LogP contribution in [0, 0.1) is 11.3 Å². The van der Waals surface area contributed by atoms with Gasteiger partial charge in [0.15, 0.2) is 23.0 Å². The molecule has 0 amide bonds. The number of hydrogen-bond donors (Lipinski definition) is 0. The molecule has 1 aliphatic rings. The van der Waals surface area contributed by atoms with Crippen LogP contribution < -0.4 is 18.9 Å². The normalized spacial score (nSPS) is 12.7. The Morgan fingerprint density at radius 1 is 1.04 bits per heavy atom. The molecule has 0 bridgehead atoms. The first-order valence-electron chi connectivity index (χ1n) is 6.99. The van der Waals surface area contributed by atoms with Crippen molar-refractivity contribution in [1.29, 1.82) is 5.26 Å². The Balaban J connectivity index is 1.98. The van der Waals surface area contributed by atoms with Crippen LogP contribution in [0.3, 0.4) is 0 Å². The van der Waals surface area contributed by atoms with Crippen LogP contribution in [0.5, 0.6) is 23.0 Å². The standard InChI is InChI=1S/C18H15NO4/c1-20-15-6-4-13(9-17(15)21-2)14(10-19)7-12-3-5-16-18(8-12)23-11-22-16/h3-9H,11H2,1-2H3/b14-7-. The second-order valence-electron chi connectivity index (χ2n) is 4.85. The third-order valence-corrected chi connectivity index (χ3v) is 3.52. The third-order valence-electron chi connectivity index (χ3n) is 3.52. The van der Waals surface area contributed by atoms with Crippen molar-refractivity contribution in [3.05, 3.63) is 47.5 Å². The number of hydrogen-bond acceptors (Lipinski definition) is 5. The zero-order chi connectivity index (χ0) is 16.2. The fourth-order valence-corrected chi connectivity index (χ4v) is 2.35. The molecule has 0 saturated heterocycles. The van der Waals surface area contributed by atoms with Gasteiger partial charge in [-0.05, 0) is 47.5 Å². The van der Waals surface area contributed by atoms with Crippen molar-refractivity contribution in [3.63, 3.8) is 0 Å². The lowest BCUT2D eigenvalue weighted by Crippen LogP contribution is -1.92. The highest BCUT2D eigenvalue weighted by atomic mass is 16.7. The second-order valence-corrected chi connectivity index (χ2v) is 4.85. The topological polar surface area (TPSA) is 60.7 Å². The monoisotopic (exact) mass is 309 g/mol. The molecule has 5 heteroatoms. The highest BCUT2D eigenvalue weighted by Crippen LogP contribution is 2.34. The molecule has 3 rings (SSSR count). The zero-order valence-corrected chi connectivity index (χ0v) is 12.8. The van der Waals surface area contributed by atoms with Gasteiger partial charge < -0.3 is 18.9 Å². The first-order chi connectivity index (χ1) is 11.2. The van der Waals surface area contributed by atoms with Crippen LogP contribution in [-0.4, -0.2) is 21.0 Å². The van der Waals surface area contributed by atoms with E-state index in [0.29, 0.717) is 28.6 Å². The summed E-state index contributed by atoms with van der Waals surface area (Å²) in [6, 6.07) is 13.2. The molecule has 0 aromatic heterocycles. The number of nitrogens with zero attached hydrogens (tertiary/aromatic N) is 1. The molecule has 2 aromatic rings. The van der Waals surface area contributed by atoms with Crippen molar-refractivity contribution in [1.82, 2.24) is 0 Å². The average molecular weight is 309 g/mol. The molecule has 0 unspecified atom stereocenters. The number of ether oxygens (including phenoxy) is 4. The Bertz CT molecular complexity index is 805. The fraction of sp³-hybridized carbons (Fsp3) is 0.167. The average Bonchev–Trinajstić information content (AvgIpc) is 3.06. The Hall–Kier alpha value is -3.13. The van der Waals surface area contributed by atoms with Gasteiger partial charge in [-0.2, -0.15) is 5.26 Å². The lowest BCUT2D eigenvalue weighted by Gasteiger charge is -2.09. The quantitative estimate of drug-likeness (QED) is 0.639. The zero-order valence-electron chi connectivity index (χ0n) is 12.8. The molecule has 0 aliphatic carbocycles. The Morgan fingerprint density at radius 2 is 1.83 bits per heavy atom. The van der Waals surface area contributed by atoms with Crippen molar-refractivity contribution < 1.29 is 18.9 Å². The number of methoxy groups -OCH3 is 2. The maximum Gasteiger partial charge on any atom is 0.231 e. The van der Waals surface area contributed by atoms with E-state index in [4.69, 9.17) is 18.9 Å². The summed E-state index contributed by atoms with van der Waals surface area (Å²) >= 11 is 0. The number of nitriles is 1. The smallest absolute Gasteiger partial charge is 0.231 e. The first-order valence-corrected chi connectivity index (χ1v) is 6.99. The number of allylic oxidation sites excluding steroid dienone is 1. The maximum atomic E-state index is 9.48. The van der Waals surface area contributed by atoms with Gasteiger partial charge in [-0.3, -0.25) is 0 Å². The van der Waals surface area contributed by atoms with Crippen LogP contribution in [0.2, 0.25) is 0 Å². The van der Waals surface area contributed by atoms with Crippen LogP contribution >= 0.6 is 0 Å². The van der Waals surface area contributed by atoms with Crippen molar-refractivity contribution >= 4 is 11.6 Å². The van der Waals surface area contributed by atoms with E-state index in [1.165, 1.54) is 0 Å². The molecule has 0 saturated carbocycles. The summed E-state index contributed by atoms with van der Waals surface area (Å²) in [5.74, 6) is 2.60. The van der Waals surface area contributed by atoms with Gasteiger partial charge in [-0.1, -0.05) is 6.07 Å². The summed E-state index contributed by atoms with van der Waals surface area (Å²) in [5.41, 5.74) is 2.13. The summed E-state index contributed by atoms with van der Waals surface area (Å²) in [5, 5.41) is 9.48. The van der Waals surface area contributed by atoms with Gasteiger partial charge in [0.25, 0.3) is 0 Å². The van der Waals surface area contributed by atoms with Crippen LogP contribution in [-0.2, 0) is 0 Å². The number of benzene rings is 2. The molecule has 0 radical (unpaired) electrons. The predicted octanol–water partition coefficient (Wildman–Crippen LogP) is 3.50. The van der Waals surface area contributed by atoms with Crippen molar-refractivity contribution in [2.45, 2.75) is 0 Å². The van der Waals surface area contributed by atoms with Gasteiger partial charge in [0.05, 0.1) is 25.9 Å². The SMILES string of the molecule is COc1ccc(/C(C#N)=C\c2ccc3c(c2)OCO3)cc1OC. The molecule has 2 aromatic carbocycles. The van der Waals surface area contributed by atoms with Crippen LogP contribution in [0.1, 0.15) is 11.1 Å². The van der Waals surface area contributed by atoms with Crippen LogP contribution in [0.4, 0.5) is 0 Å². The molecule has 0 N–H and O–H groups in total. The summed E-state index contributed by atoms with van der Waals surface area (Å²) in [4.78, 5) is 0. The molecule has 23 heavy (non-hydrogen) atoms. The van der Waals surface area contributed by atoms with Gasteiger partial charge >= 0.3 is 0 Å².